The van der Waals surface area contributed by atoms with Gasteiger partial charge >= 0.3 is 12.2 Å². The van der Waals surface area contributed by atoms with Crippen molar-refractivity contribution < 1.29 is 33.4 Å². The predicted molar refractivity (Wildman–Crippen MR) is 111 cm³/mol. The number of Topliss-reactive ketones (excluding diaryl/α,β-unsaturated/α-hetero) is 1. The van der Waals surface area contributed by atoms with Crippen molar-refractivity contribution in [3.05, 3.63) is 54.1 Å². The molecule has 0 heterocycles. The summed E-state index contributed by atoms with van der Waals surface area (Å²) in [5, 5.41) is 2.29. The van der Waals surface area contributed by atoms with Crippen molar-refractivity contribution in [1.82, 2.24) is 5.32 Å². The van der Waals surface area contributed by atoms with Crippen LogP contribution in [0.5, 0.6) is 5.75 Å². The molecule has 0 radical (unpaired) electrons. The molecule has 2 atom stereocenters. The van der Waals surface area contributed by atoms with Crippen LogP contribution in [0.25, 0.3) is 0 Å². The highest BCUT2D eigenvalue weighted by Gasteiger charge is 2.48. The third-order valence-corrected chi connectivity index (χ3v) is 5.38. The standard InChI is InChI=1S/C23H25NO7/c1-24-21(27)31-23(14-8-7-9-16(23)15-25)20(26)18-12-5-6-13-19(18)30-22(28)29-17-10-3-2-4-11-17/h5-9,12-17H,2-4,10-11H2,1H3,(H,24,27). The third kappa shape index (κ3) is 5.02. The van der Waals surface area contributed by atoms with Gasteiger partial charge in [0.1, 0.15) is 18.1 Å². The number of ether oxygens (including phenoxy) is 3. The number of carbonyl (C=O) groups is 4. The minimum absolute atomic E-state index is 0.0150. The van der Waals surface area contributed by atoms with Crippen molar-refractivity contribution in [3.8, 4) is 5.75 Å². The molecule has 2 aliphatic rings. The number of benzene rings is 1. The maximum Gasteiger partial charge on any atom is 0.514 e. The van der Waals surface area contributed by atoms with Gasteiger partial charge in [0, 0.05) is 7.05 Å². The van der Waals surface area contributed by atoms with Crippen molar-refractivity contribution >= 4 is 24.3 Å². The highest BCUT2D eigenvalue weighted by Crippen LogP contribution is 2.34. The molecule has 1 aromatic carbocycles. The molecular weight excluding hydrogens is 402 g/mol. The number of hydrogen-bond acceptors (Lipinski definition) is 7. The van der Waals surface area contributed by atoms with E-state index in [0.717, 1.165) is 32.1 Å². The zero-order valence-electron chi connectivity index (χ0n) is 17.2. The Labute approximate surface area is 180 Å². The molecule has 0 saturated heterocycles. The van der Waals surface area contributed by atoms with Gasteiger partial charge in [-0.05, 0) is 43.9 Å². The monoisotopic (exact) mass is 427 g/mol. The Bertz CT molecular complexity index is 901. The maximum absolute atomic E-state index is 13.6. The van der Waals surface area contributed by atoms with Crippen LogP contribution in [-0.2, 0) is 14.3 Å². The van der Waals surface area contributed by atoms with E-state index < -0.39 is 29.6 Å². The fourth-order valence-electron chi connectivity index (χ4n) is 3.75. The number of para-hydroxylation sites is 1. The van der Waals surface area contributed by atoms with E-state index in [1.54, 1.807) is 18.2 Å². The fourth-order valence-corrected chi connectivity index (χ4v) is 3.75. The van der Waals surface area contributed by atoms with E-state index in [1.165, 1.54) is 37.4 Å². The topological polar surface area (TPSA) is 108 Å². The van der Waals surface area contributed by atoms with E-state index in [4.69, 9.17) is 14.2 Å². The molecule has 0 bridgehead atoms. The van der Waals surface area contributed by atoms with Crippen LogP contribution in [0.1, 0.15) is 42.5 Å². The summed E-state index contributed by atoms with van der Waals surface area (Å²) in [5.41, 5.74) is -1.93. The lowest BCUT2D eigenvalue weighted by Crippen LogP contribution is -2.50. The van der Waals surface area contributed by atoms with Crippen LogP contribution in [0, 0.1) is 5.92 Å². The van der Waals surface area contributed by atoms with Crippen LogP contribution >= 0.6 is 0 Å². The van der Waals surface area contributed by atoms with Gasteiger partial charge in [-0.1, -0.05) is 36.8 Å². The van der Waals surface area contributed by atoms with Crippen LogP contribution in [0.4, 0.5) is 9.59 Å². The Hall–Kier alpha value is -3.42. The number of amides is 1. The lowest BCUT2D eigenvalue weighted by Gasteiger charge is -2.34. The summed E-state index contributed by atoms with van der Waals surface area (Å²) in [6.07, 6.45) is 9.08. The highest BCUT2D eigenvalue weighted by atomic mass is 16.7. The quantitative estimate of drug-likeness (QED) is 0.319. The summed E-state index contributed by atoms with van der Waals surface area (Å²) in [4.78, 5) is 49.6. The number of ketones is 1. The van der Waals surface area contributed by atoms with E-state index >= 15 is 0 Å². The van der Waals surface area contributed by atoms with Crippen LogP contribution in [0.2, 0.25) is 0 Å². The summed E-state index contributed by atoms with van der Waals surface area (Å²) in [6, 6.07) is 6.06. The van der Waals surface area contributed by atoms with Crippen molar-refractivity contribution in [2.45, 2.75) is 43.8 Å². The summed E-state index contributed by atoms with van der Waals surface area (Å²) >= 11 is 0. The summed E-state index contributed by atoms with van der Waals surface area (Å²) in [7, 11) is 1.34. The van der Waals surface area contributed by atoms with E-state index in [2.05, 4.69) is 5.32 Å². The van der Waals surface area contributed by atoms with Gasteiger partial charge in [0.05, 0.1) is 11.5 Å². The molecule has 1 saturated carbocycles. The van der Waals surface area contributed by atoms with Gasteiger partial charge in [-0.15, -0.1) is 0 Å². The first-order valence-electron chi connectivity index (χ1n) is 10.2. The second-order valence-electron chi connectivity index (χ2n) is 7.39. The maximum atomic E-state index is 13.6. The highest BCUT2D eigenvalue weighted by molar-refractivity contribution is 6.09. The molecule has 2 unspecified atom stereocenters. The van der Waals surface area contributed by atoms with Crippen molar-refractivity contribution in [2.24, 2.45) is 5.92 Å². The number of alkyl carbamates (subject to hydrolysis) is 1. The first-order chi connectivity index (χ1) is 15.0. The normalized spacial score (nSPS) is 22.9. The van der Waals surface area contributed by atoms with E-state index in [1.807, 2.05) is 0 Å². The number of hydrogen-bond donors (Lipinski definition) is 1. The van der Waals surface area contributed by atoms with E-state index in [-0.39, 0.29) is 17.4 Å². The molecule has 0 aromatic heterocycles. The number of allylic oxidation sites excluding steroid dienone is 2. The Kier molecular flexibility index (Phi) is 7.23. The third-order valence-electron chi connectivity index (χ3n) is 5.38. The zero-order valence-corrected chi connectivity index (χ0v) is 17.2. The molecule has 1 amide bonds. The minimum atomic E-state index is -1.91. The second kappa shape index (κ2) is 10.1. The summed E-state index contributed by atoms with van der Waals surface area (Å²) in [6.45, 7) is 0. The number of rotatable bonds is 6. The van der Waals surface area contributed by atoms with Crippen molar-refractivity contribution in [1.29, 1.82) is 0 Å². The Morgan fingerprint density at radius 3 is 2.55 bits per heavy atom. The molecule has 0 spiro atoms. The van der Waals surface area contributed by atoms with Gasteiger partial charge in [-0.2, -0.15) is 0 Å². The number of nitrogens with one attached hydrogen (secondary N) is 1. The largest absolute Gasteiger partial charge is 0.514 e. The predicted octanol–water partition coefficient (Wildman–Crippen LogP) is 3.75. The molecule has 3 rings (SSSR count). The van der Waals surface area contributed by atoms with Crippen LogP contribution < -0.4 is 10.1 Å². The lowest BCUT2D eigenvalue weighted by atomic mass is 9.78. The summed E-state index contributed by atoms with van der Waals surface area (Å²) < 4.78 is 16.1. The SMILES string of the molecule is CNC(=O)OC1(C(=O)c2ccccc2OC(=O)OC2CCCCC2)C=CC=CC1C=O. The molecular formula is C23H25NO7. The molecule has 0 aliphatic heterocycles. The van der Waals surface area contributed by atoms with Gasteiger partial charge in [-0.3, -0.25) is 4.79 Å². The molecule has 8 nitrogen and oxygen atoms in total. The van der Waals surface area contributed by atoms with Gasteiger partial charge in [0.25, 0.3) is 0 Å². The second-order valence-corrected chi connectivity index (χ2v) is 7.39. The van der Waals surface area contributed by atoms with Gasteiger partial charge in [0.2, 0.25) is 11.4 Å². The number of carbonyl (C=O) groups excluding carboxylic acids is 4. The van der Waals surface area contributed by atoms with Crippen molar-refractivity contribution in [2.75, 3.05) is 7.05 Å². The average molecular weight is 427 g/mol. The van der Waals surface area contributed by atoms with Crippen molar-refractivity contribution in [3.63, 3.8) is 0 Å². The summed E-state index contributed by atoms with van der Waals surface area (Å²) in [5.74, 6) is -1.79. The van der Waals surface area contributed by atoms with Crippen LogP contribution in [0.15, 0.2) is 48.6 Å². The van der Waals surface area contributed by atoms with E-state index in [9.17, 15) is 19.2 Å². The van der Waals surface area contributed by atoms with Gasteiger partial charge in [0.15, 0.2) is 0 Å². The first-order valence-corrected chi connectivity index (χ1v) is 10.2. The minimum Gasteiger partial charge on any atom is -0.431 e. The molecule has 2 aliphatic carbocycles. The Balaban J connectivity index is 1.88. The van der Waals surface area contributed by atoms with Crippen LogP contribution in [-0.4, -0.2) is 43.1 Å². The molecule has 8 heteroatoms. The average Bonchev–Trinajstić information content (AvgIpc) is 2.79. The first kappa shape index (κ1) is 22.3. The zero-order chi connectivity index (χ0) is 22.3. The smallest absolute Gasteiger partial charge is 0.431 e. The lowest BCUT2D eigenvalue weighted by molar-refractivity contribution is -0.113. The fraction of sp³-hybridized carbons (Fsp3) is 0.391. The molecule has 164 valence electrons. The molecule has 1 fully saturated rings. The number of aldehydes is 1. The molecule has 1 aromatic rings. The van der Waals surface area contributed by atoms with E-state index in [0.29, 0.717) is 6.29 Å². The Morgan fingerprint density at radius 1 is 1.10 bits per heavy atom. The van der Waals surface area contributed by atoms with Gasteiger partial charge in [-0.25, -0.2) is 9.59 Å². The van der Waals surface area contributed by atoms with Gasteiger partial charge < -0.3 is 24.3 Å². The molecule has 31 heavy (non-hydrogen) atoms. The Morgan fingerprint density at radius 2 is 1.84 bits per heavy atom. The molecule has 1 N–H and O–H groups in total. The van der Waals surface area contributed by atoms with Crippen LogP contribution in [0.3, 0.4) is 0 Å².